The Balaban J connectivity index is 2.35. The Kier molecular flexibility index (Phi) is 2.37. The van der Waals surface area contributed by atoms with E-state index in [0.717, 1.165) is 46.4 Å². The number of hydrogen-bond donors (Lipinski definition) is 1. The van der Waals surface area contributed by atoms with Crippen LogP contribution >= 0.6 is 11.6 Å². The number of fused-ring (bicyclic) bond motifs is 2. The van der Waals surface area contributed by atoms with Crippen molar-refractivity contribution in [2.75, 3.05) is 7.11 Å². The molecule has 3 rings (SSSR count). The third kappa shape index (κ3) is 1.53. The van der Waals surface area contributed by atoms with Crippen LogP contribution in [-0.4, -0.2) is 17.2 Å². The predicted octanol–water partition coefficient (Wildman–Crippen LogP) is 3.09. The standard InChI is InChI=1S/C13H12ClNO2/c1-17-12-6-10-8(5-11(12)16)13(14)7-3-2-4-9(7)15-10/h5-6,16H,2-4H2,1H3. The average Bonchev–Trinajstić information content (AvgIpc) is 2.78. The molecular weight excluding hydrogens is 238 g/mol. The Morgan fingerprint density at radius 3 is 2.94 bits per heavy atom. The van der Waals surface area contributed by atoms with Gasteiger partial charge in [0.15, 0.2) is 11.5 Å². The molecule has 17 heavy (non-hydrogen) atoms. The number of rotatable bonds is 1. The normalized spacial score (nSPS) is 14.0. The van der Waals surface area contributed by atoms with Crippen molar-refractivity contribution in [3.63, 3.8) is 0 Å². The van der Waals surface area contributed by atoms with Crippen LogP contribution in [0.15, 0.2) is 12.1 Å². The molecule has 2 aromatic rings. The van der Waals surface area contributed by atoms with Gasteiger partial charge in [0.05, 0.1) is 17.6 Å². The molecule has 0 amide bonds. The summed E-state index contributed by atoms with van der Waals surface area (Å²) in [5.41, 5.74) is 2.99. The number of aromatic nitrogens is 1. The fourth-order valence-electron chi connectivity index (χ4n) is 2.39. The van der Waals surface area contributed by atoms with Crippen molar-refractivity contribution in [2.45, 2.75) is 19.3 Å². The molecule has 88 valence electrons. The molecule has 0 aliphatic heterocycles. The molecule has 0 spiro atoms. The summed E-state index contributed by atoms with van der Waals surface area (Å²) >= 11 is 6.36. The molecule has 0 bridgehead atoms. The summed E-state index contributed by atoms with van der Waals surface area (Å²) in [6.45, 7) is 0. The number of phenols is 1. The zero-order valence-corrected chi connectivity index (χ0v) is 10.2. The van der Waals surface area contributed by atoms with Gasteiger partial charge in [-0.05, 0) is 30.9 Å². The molecule has 0 unspecified atom stereocenters. The molecule has 1 aliphatic rings. The number of ether oxygens (including phenoxy) is 1. The highest BCUT2D eigenvalue weighted by molar-refractivity contribution is 6.36. The lowest BCUT2D eigenvalue weighted by atomic mass is 10.1. The number of halogens is 1. The molecule has 0 saturated heterocycles. The third-order valence-corrected chi connectivity index (χ3v) is 3.67. The maximum Gasteiger partial charge on any atom is 0.162 e. The summed E-state index contributed by atoms with van der Waals surface area (Å²) in [6, 6.07) is 3.36. The van der Waals surface area contributed by atoms with Crippen LogP contribution in [0.2, 0.25) is 5.02 Å². The fourth-order valence-corrected chi connectivity index (χ4v) is 2.74. The SMILES string of the molecule is COc1cc2nc3c(c(Cl)c2cc1O)CCC3. The number of benzene rings is 1. The van der Waals surface area contributed by atoms with E-state index in [1.807, 2.05) is 0 Å². The van der Waals surface area contributed by atoms with Gasteiger partial charge in [0.1, 0.15) is 0 Å². The first kappa shape index (κ1) is 10.7. The summed E-state index contributed by atoms with van der Waals surface area (Å²) in [6.07, 6.45) is 3.06. The number of hydrogen-bond acceptors (Lipinski definition) is 3. The van der Waals surface area contributed by atoms with Crippen molar-refractivity contribution in [1.29, 1.82) is 0 Å². The Morgan fingerprint density at radius 1 is 1.35 bits per heavy atom. The van der Waals surface area contributed by atoms with E-state index < -0.39 is 0 Å². The summed E-state index contributed by atoms with van der Waals surface area (Å²) in [4.78, 5) is 4.59. The number of methoxy groups -OCH3 is 1. The number of nitrogens with zero attached hydrogens (tertiary/aromatic N) is 1. The Hall–Kier alpha value is -1.48. The van der Waals surface area contributed by atoms with E-state index in [1.165, 1.54) is 7.11 Å². The lowest BCUT2D eigenvalue weighted by molar-refractivity contribution is 0.374. The van der Waals surface area contributed by atoms with Gasteiger partial charge in [-0.2, -0.15) is 0 Å². The minimum absolute atomic E-state index is 0.0987. The van der Waals surface area contributed by atoms with Gasteiger partial charge in [0.25, 0.3) is 0 Å². The van der Waals surface area contributed by atoms with Crippen molar-refractivity contribution in [3.05, 3.63) is 28.4 Å². The van der Waals surface area contributed by atoms with Gasteiger partial charge in [0.2, 0.25) is 0 Å². The van der Waals surface area contributed by atoms with Gasteiger partial charge in [-0.3, -0.25) is 4.98 Å². The zero-order valence-electron chi connectivity index (χ0n) is 9.46. The quantitative estimate of drug-likeness (QED) is 0.845. The molecule has 0 atom stereocenters. The summed E-state index contributed by atoms with van der Waals surface area (Å²) in [5, 5.41) is 11.3. The average molecular weight is 250 g/mol. The van der Waals surface area contributed by atoms with Crippen molar-refractivity contribution < 1.29 is 9.84 Å². The van der Waals surface area contributed by atoms with E-state index in [2.05, 4.69) is 4.98 Å². The largest absolute Gasteiger partial charge is 0.504 e. The summed E-state index contributed by atoms with van der Waals surface area (Å²) in [7, 11) is 1.52. The van der Waals surface area contributed by atoms with Crippen LogP contribution in [0.1, 0.15) is 17.7 Å². The molecule has 1 aromatic carbocycles. The maximum absolute atomic E-state index is 9.77. The molecule has 1 aliphatic carbocycles. The fraction of sp³-hybridized carbons (Fsp3) is 0.308. The molecule has 0 radical (unpaired) electrons. The zero-order chi connectivity index (χ0) is 12.0. The van der Waals surface area contributed by atoms with Crippen LogP contribution in [0, 0.1) is 0 Å². The number of phenolic OH excluding ortho intramolecular Hbond substituents is 1. The minimum Gasteiger partial charge on any atom is -0.504 e. The number of aromatic hydroxyl groups is 1. The van der Waals surface area contributed by atoms with E-state index in [-0.39, 0.29) is 5.75 Å². The van der Waals surface area contributed by atoms with Crippen LogP contribution in [-0.2, 0) is 12.8 Å². The first-order valence-electron chi connectivity index (χ1n) is 5.58. The second kappa shape index (κ2) is 3.77. The second-order valence-corrected chi connectivity index (χ2v) is 4.62. The van der Waals surface area contributed by atoms with Crippen LogP contribution in [0.25, 0.3) is 10.9 Å². The van der Waals surface area contributed by atoms with E-state index in [1.54, 1.807) is 12.1 Å². The Bertz CT molecular complexity index is 605. The molecule has 3 nitrogen and oxygen atoms in total. The molecule has 1 aromatic heterocycles. The van der Waals surface area contributed by atoms with E-state index in [9.17, 15) is 5.11 Å². The molecule has 4 heteroatoms. The lowest BCUT2D eigenvalue weighted by Crippen LogP contribution is -1.93. The monoisotopic (exact) mass is 249 g/mol. The minimum atomic E-state index is 0.0987. The highest BCUT2D eigenvalue weighted by atomic mass is 35.5. The van der Waals surface area contributed by atoms with E-state index in [4.69, 9.17) is 16.3 Å². The highest BCUT2D eigenvalue weighted by Crippen LogP contribution is 2.38. The smallest absolute Gasteiger partial charge is 0.162 e. The van der Waals surface area contributed by atoms with E-state index >= 15 is 0 Å². The van der Waals surface area contributed by atoms with Crippen LogP contribution in [0.3, 0.4) is 0 Å². The van der Waals surface area contributed by atoms with Crippen LogP contribution in [0.5, 0.6) is 11.5 Å². The number of aryl methyl sites for hydroxylation is 1. The molecule has 1 N–H and O–H groups in total. The molecule has 0 saturated carbocycles. The number of pyridine rings is 1. The van der Waals surface area contributed by atoms with E-state index in [0.29, 0.717) is 5.75 Å². The first-order chi connectivity index (χ1) is 8.20. The molecular formula is C13H12ClNO2. The van der Waals surface area contributed by atoms with Crippen molar-refractivity contribution in [3.8, 4) is 11.5 Å². The van der Waals surface area contributed by atoms with Gasteiger partial charge < -0.3 is 9.84 Å². The topological polar surface area (TPSA) is 42.4 Å². The van der Waals surface area contributed by atoms with Gasteiger partial charge in [-0.15, -0.1) is 0 Å². The summed E-state index contributed by atoms with van der Waals surface area (Å²) < 4.78 is 5.08. The molecule has 1 heterocycles. The lowest BCUT2D eigenvalue weighted by Gasteiger charge is -2.09. The van der Waals surface area contributed by atoms with Gasteiger partial charge in [-0.25, -0.2) is 0 Å². The molecule has 0 fully saturated rings. The van der Waals surface area contributed by atoms with Crippen molar-refractivity contribution >= 4 is 22.5 Å². The van der Waals surface area contributed by atoms with Crippen molar-refractivity contribution in [2.24, 2.45) is 0 Å². The summed E-state index contributed by atoms with van der Waals surface area (Å²) in [5.74, 6) is 0.528. The third-order valence-electron chi connectivity index (χ3n) is 3.24. The van der Waals surface area contributed by atoms with Gasteiger partial charge in [0, 0.05) is 17.1 Å². The van der Waals surface area contributed by atoms with Crippen molar-refractivity contribution in [1.82, 2.24) is 4.98 Å². The highest BCUT2D eigenvalue weighted by Gasteiger charge is 2.19. The predicted molar refractivity (Wildman–Crippen MR) is 67.0 cm³/mol. The van der Waals surface area contributed by atoms with Crippen LogP contribution in [0.4, 0.5) is 0 Å². The first-order valence-corrected chi connectivity index (χ1v) is 5.96. The second-order valence-electron chi connectivity index (χ2n) is 4.25. The Morgan fingerprint density at radius 2 is 2.18 bits per heavy atom. The van der Waals surface area contributed by atoms with Gasteiger partial charge in [-0.1, -0.05) is 11.6 Å². The maximum atomic E-state index is 9.77. The van der Waals surface area contributed by atoms with Gasteiger partial charge >= 0.3 is 0 Å². The Labute approximate surface area is 104 Å². The van der Waals surface area contributed by atoms with Crippen LogP contribution < -0.4 is 4.74 Å².